The normalized spacial score (nSPS) is 20.9. The molecule has 0 aliphatic heterocycles. The van der Waals surface area contributed by atoms with Crippen LogP contribution in [0.4, 0.5) is 0 Å². The monoisotopic (exact) mass is 897 g/mol. The van der Waals surface area contributed by atoms with Crippen molar-refractivity contribution >= 4 is 46.5 Å². The van der Waals surface area contributed by atoms with Crippen molar-refractivity contribution in [3.05, 3.63) is 24.3 Å². The van der Waals surface area contributed by atoms with Gasteiger partial charge in [0.1, 0.15) is 19.8 Å². The molecule has 0 saturated heterocycles. The third-order valence-corrected chi connectivity index (χ3v) is 18.1. The molecule has 0 aromatic heterocycles. The predicted molar refractivity (Wildman–Crippen MR) is 244 cm³/mol. The molecule has 2 saturated carbocycles. The summed E-state index contributed by atoms with van der Waals surface area (Å²) in [4.78, 5) is 57.4. The van der Waals surface area contributed by atoms with Crippen molar-refractivity contribution < 1.29 is 56.5 Å². The zero-order valence-electron chi connectivity index (χ0n) is 40.5. The molecule has 2 fully saturated rings. The second kappa shape index (κ2) is 26.7. The maximum atomic E-state index is 11.9. The van der Waals surface area contributed by atoms with E-state index in [9.17, 15) is 24.0 Å². The van der Waals surface area contributed by atoms with Gasteiger partial charge in [-0.1, -0.05) is 46.4 Å². The number of fused-ring (bicyclic) bond motifs is 5. The summed E-state index contributed by atoms with van der Waals surface area (Å²) in [6, 6.07) is 1.05. The minimum atomic E-state index is -1.59. The van der Waals surface area contributed by atoms with Crippen LogP contribution >= 0.6 is 0 Å². The smallest absolute Gasteiger partial charge is 0.333 e. The van der Waals surface area contributed by atoms with Crippen LogP contribution in [-0.2, 0) is 56.5 Å². The number of allylic oxidation sites excluding steroid dienone is 2. The van der Waals surface area contributed by atoms with Crippen LogP contribution in [0.2, 0.25) is 38.8 Å². The lowest BCUT2D eigenvalue weighted by Crippen LogP contribution is -2.42. The number of carbonyl (C=O) groups excluding carboxylic acids is 5. The van der Waals surface area contributed by atoms with E-state index < -0.39 is 28.6 Å². The van der Waals surface area contributed by atoms with Gasteiger partial charge < -0.3 is 32.5 Å². The van der Waals surface area contributed by atoms with E-state index in [2.05, 4.69) is 51.5 Å². The van der Waals surface area contributed by atoms with Crippen LogP contribution in [0.1, 0.15) is 120 Å². The number of ether oxygens (including phenoxy) is 6. The molecule has 3 rings (SSSR count). The second-order valence-electron chi connectivity index (χ2n) is 19.8. The van der Waals surface area contributed by atoms with E-state index in [1.165, 1.54) is 19.3 Å². The summed E-state index contributed by atoms with van der Waals surface area (Å²) in [6.07, 6.45) is 12.7. The van der Waals surface area contributed by atoms with Crippen LogP contribution in [-0.4, -0.2) is 92.2 Å². The van der Waals surface area contributed by atoms with Gasteiger partial charge in [-0.05, 0) is 148 Å². The van der Waals surface area contributed by atoms with Gasteiger partial charge in [-0.3, -0.25) is 19.2 Å². The molecular weight excluding hydrogens is 813 g/mol. The standard InChI is InChI=1S/C18H28O3.C15H24O6.C14H32O3Si2/c1-4-18(2,3)17(19)21-9-8-20-16-11-12-10-15(16)14-7-5-6-13(12)14;1-5-12(4)15(18)21-10-9-19-13(16)7-6-8-20-14(17)11(2)3;1-9-14(2,3)13(15)16-11-10-12-19(7,8)17-18(4,5)6/h5,7,12-16H,4,6,8-11H2,1-3H3;12H,2,5-10H2,1,3-4H3;9-12H2,1-8H3. The summed E-state index contributed by atoms with van der Waals surface area (Å²) in [6.45, 7) is 33.3. The molecule has 0 amide bonds. The molecule has 12 nitrogen and oxygen atoms in total. The highest BCUT2D eigenvalue weighted by Crippen LogP contribution is 2.57. The van der Waals surface area contributed by atoms with E-state index in [0.29, 0.717) is 50.3 Å². The highest BCUT2D eigenvalue weighted by atomic mass is 28.4. The molecule has 0 heterocycles. The Labute approximate surface area is 371 Å². The van der Waals surface area contributed by atoms with Crippen LogP contribution in [0.3, 0.4) is 0 Å². The average molecular weight is 897 g/mol. The second-order valence-corrected chi connectivity index (χ2v) is 28.8. The Hall–Kier alpha value is -2.82. The summed E-state index contributed by atoms with van der Waals surface area (Å²) < 4.78 is 37.7. The molecule has 0 N–H and O–H groups in total. The van der Waals surface area contributed by atoms with Crippen molar-refractivity contribution in [3.8, 4) is 0 Å². The van der Waals surface area contributed by atoms with Crippen LogP contribution < -0.4 is 0 Å². The maximum Gasteiger partial charge on any atom is 0.333 e. The van der Waals surface area contributed by atoms with Crippen molar-refractivity contribution in [2.24, 2.45) is 40.4 Å². The Kier molecular flexibility index (Phi) is 24.6. The summed E-state index contributed by atoms with van der Waals surface area (Å²) >= 11 is 0. The van der Waals surface area contributed by atoms with Crippen molar-refractivity contribution in [2.75, 3.05) is 39.6 Å². The Morgan fingerprint density at radius 3 is 1.85 bits per heavy atom. The van der Waals surface area contributed by atoms with Gasteiger partial charge in [0.2, 0.25) is 0 Å². The fourth-order valence-electron chi connectivity index (χ4n) is 7.42. The highest BCUT2D eigenvalue weighted by molar-refractivity contribution is 6.84. The lowest BCUT2D eigenvalue weighted by molar-refractivity contribution is -0.157. The summed E-state index contributed by atoms with van der Waals surface area (Å²) in [5, 5.41) is 0. The number of hydrogen-bond acceptors (Lipinski definition) is 12. The van der Waals surface area contributed by atoms with Gasteiger partial charge in [0.15, 0.2) is 16.6 Å². The first-order valence-corrected chi connectivity index (χ1v) is 29.3. The molecule has 0 aromatic carbocycles. The minimum Gasteiger partial charge on any atom is -0.465 e. The summed E-state index contributed by atoms with van der Waals surface area (Å²) in [5.41, 5.74) is -0.420. The molecule has 3 aliphatic rings. The minimum absolute atomic E-state index is 0.0343. The largest absolute Gasteiger partial charge is 0.465 e. The van der Waals surface area contributed by atoms with E-state index in [1.807, 2.05) is 48.5 Å². The van der Waals surface area contributed by atoms with Crippen molar-refractivity contribution in [1.82, 2.24) is 0 Å². The van der Waals surface area contributed by atoms with Gasteiger partial charge in [-0.15, -0.1) is 0 Å². The quantitative estimate of drug-likeness (QED) is 0.0227. The Morgan fingerprint density at radius 2 is 1.30 bits per heavy atom. The van der Waals surface area contributed by atoms with Crippen molar-refractivity contribution in [1.29, 1.82) is 0 Å². The van der Waals surface area contributed by atoms with E-state index in [0.717, 1.165) is 43.1 Å². The summed E-state index contributed by atoms with van der Waals surface area (Å²) in [5.74, 6) is 1.71. The number of rotatable bonds is 24. The van der Waals surface area contributed by atoms with Gasteiger partial charge in [0.05, 0.1) is 42.7 Å². The lowest BCUT2D eigenvalue weighted by Gasteiger charge is -2.31. The number of carbonyl (C=O) groups is 5. The maximum absolute atomic E-state index is 11.9. The van der Waals surface area contributed by atoms with Crippen molar-refractivity contribution in [3.63, 3.8) is 0 Å². The SMILES string of the molecule is C=C(C)C(=O)OCCCC(=O)OCCOC(=O)C(C)CC.CCC(C)(C)C(=O)OCCC[Si](C)(C)O[Si](C)(C)C.CCC(C)(C)C(=O)OCCOC1CC2CC1C1C=CCC21. The molecular formula is C47H84O12Si2. The molecule has 352 valence electrons. The molecule has 6 unspecified atom stereocenters. The van der Waals surface area contributed by atoms with Gasteiger partial charge in [-0.25, -0.2) is 4.79 Å². The Bertz CT molecular complexity index is 1430. The number of esters is 5. The van der Waals surface area contributed by atoms with Crippen molar-refractivity contribution in [2.45, 2.75) is 165 Å². The average Bonchev–Trinajstić information content (AvgIpc) is 3.92. The van der Waals surface area contributed by atoms with Gasteiger partial charge in [-0.2, -0.15) is 0 Å². The van der Waals surface area contributed by atoms with E-state index >= 15 is 0 Å². The van der Waals surface area contributed by atoms with E-state index in [1.54, 1.807) is 13.8 Å². The fourth-order valence-corrected chi connectivity index (χ4v) is 15.5. The predicted octanol–water partition coefficient (Wildman–Crippen LogP) is 10.0. The zero-order valence-corrected chi connectivity index (χ0v) is 42.5. The molecule has 3 aliphatic carbocycles. The molecule has 6 atom stereocenters. The van der Waals surface area contributed by atoms with E-state index in [4.69, 9.17) is 32.5 Å². The van der Waals surface area contributed by atoms with Crippen LogP contribution in [0, 0.1) is 40.4 Å². The molecule has 0 spiro atoms. The Morgan fingerprint density at radius 1 is 0.738 bits per heavy atom. The van der Waals surface area contributed by atoms with Gasteiger partial charge in [0.25, 0.3) is 0 Å². The topological polar surface area (TPSA) is 150 Å². The first-order valence-electron chi connectivity index (χ1n) is 22.8. The first-order chi connectivity index (χ1) is 28.3. The summed E-state index contributed by atoms with van der Waals surface area (Å²) in [7, 11) is -3.05. The molecule has 2 bridgehead atoms. The van der Waals surface area contributed by atoms with Crippen LogP contribution in [0.25, 0.3) is 0 Å². The molecule has 61 heavy (non-hydrogen) atoms. The molecule has 0 aromatic rings. The first kappa shape index (κ1) is 56.2. The lowest BCUT2D eigenvalue weighted by atomic mass is 9.80. The van der Waals surface area contributed by atoms with Gasteiger partial charge in [0, 0.05) is 12.0 Å². The van der Waals surface area contributed by atoms with Crippen LogP contribution in [0.15, 0.2) is 24.3 Å². The molecule has 14 heteroatoms. The highest BCUT2D eigenvalue weighted by Gasteiger charge is 2.52. The zero-order chi connectivity index (χ0) is 46.6. The van der Waals surface area contributed by atoms with E-state index in [-0.39, 0.29) is 60.9 Å². The van der Waals surface area contributed by atoms with Crippen LogP contribution in [0.5, 0.6) is 0 Å². The third-order valence-electron chi connectivity index (χ3n) is 11.9. The Balaban J connectivity index is 0.000000459. The fraction of sp³-hybridized carbons (Fsp3) is 0.809. The van der Waals surface area contributed by atoms with Gasteiger partial charge >= 0.3 is 29.8 Å². The third kappa shape index (κ3) is 21.4. The molecule has 0 radical (unpaired) electrons. The number of hydrogen-bond donors (Lipinski definition) is 0.